The first-order chi connectivity index (χ1) is 14.6. The second-order valence-electron chi connectivity index (χ2n) is 6.67. The molecule has 0 rings (SSSR count). The van der Waals surface area contributed by atoms with Gasteiger partial charge in [-0.15, -0.1) is 0 Å². The van der Waals surface area contributed by atoms with Gasteiger partial charge in [-0.25, -0.2) is 0 Å². The summed E-state index contributed by atoms with van der Waals surface area (Å²) in [6.07, 6.45) is 6.92. The second-order valence-corrected chi connectivity index (χ2v) is 7.03. The van der Waals surface area contributed by atoms with Crippen LogP contribution in [-0.2, 0) is 19.2 Å². The molecule has 0 heterocycles. The van der Waals surface area contributed by atoms with Gasteiger partial charge in [0.25, 0.3) is 0 Å². The molecule has 0 aliphatic carbocycles. The van der Waals surface area contributed by atoms with E-state index in [9.17, 15) is 24.3 Å². The Balaban J connectivity index is 0. The molecule has 0 aromatic heterocycles. The summed E-state index contributed by atoms with van der Waals surface area (Å²) in [5, 5.41) is 38.9. The summed E-state index contributed by atoms with van der Waals surface area (Å²) in [6.45, 7) is 1.57. The third-order valence-corrected chi connectivity index (χ3v) is 4.27. The number of carbonyl (C=O) groups excluding carboxylic acids is 2. The summed E-state index contributed by atoms with van der Waals surface area (Å²) in [6, 6.07) is -2.15. The third kappa shape index (κ3) is 19.4. The van der Waals surface area contributed by atoms with Crippen LogP contribution in [0.1, 0.15) is 51.9 Å². The minimum absolute atomic E-state index is 0.0256. The SMILES string of the molecule is CCCCCC(O)CC=CO.N[C@@H](CCC(=O)N[C@@H](CS)C(=O)NCC(=O)O)C(=O)O. The van der Waals surface area contributed by atoms with E-state index in [2.05, 4.69) is 30.2 Å². The molecule has 0 spiro atoms. The highest BCUT2D eigenvalue weighted by Crippen LogP contribution is 2.06. The fraction of sp³-hybridized carbons (Fsp3) is 0.684. The van der Waals surface area contributed by atoms with Gasteiger partial charge >= 0.3 is 11.9 Å². The average Bonchev–Trinajstić information content (AvgIpc) is 2.73. The lowest BCUT2D eigenvalue weighted by Gasteiger charge is -2.16. The van der Waals surface area contributed by atoms with Crippen molar-refractivity contribution in [3.8, 4) is 0 Å². The first kappa shape index (κ1) is 30.9. The molecule has 11 nitrogen and oxygen atoms in total. The zero-order chi connectivity index (χ0) is 24.2. The number of carbonyl (C=O) groups is 4. The summed E-state index contributed by atoms with van der Waals surface area (Å²) < 4.78 is 0. The molecule has 180 valence electrons. The molecule has 0 aromatic rings. The number of amides is 2. The van der Waals surface area contributed by atoms with E-state index in [4.69, 9.17) is 21.1 Å². The van der Waals surface area contributed by atoms with Crippen LogP contribution in [0.25, 0.3) is 0 Å². The maximum absolute atomic E-state index is 11.5. The predicted molar refractivity (Wildman–Crippen MR) is 118 cm³/mol. The molecule has 0 bridgehead atoms. The van der Waals surface area contributed by atoms with Crippen LogP contribution in [0.3, 0.4) is 0 Å². The average molecular weight is 466 g/mol. The van der Waals surface area contributed by atoms with Gasteiger partial charge in [0.05, 0.1) is 12.4 Å². The molecule has 0 aliphatic rings. The minimum Gasteiger partial charge on any atom is -0.516 e. The Kier molecular flexibility index (Phi) is 19.6. The Morgan fingerprint density at radius 1 is 1.13 bits per heavy atom. The summed E-state index contributed by atoms with van der Waals surface area (Å²) in [7, 11) is 0. The molecule has 8 N–H and O–H groups in total. The maximum Gasteiger partial charge on any atom is 0.322 e. The van der Waals surface area contributed by atoms with Gasteiger partial charge in [0, 0.05) is 12.2 Å². The zero-order valence-corrected chi connectivity index (χ0v) is 18.6. The van der Waals surface area contributed by atoms with E-state index in [1.54, 1.807) is 6.08 Å². The van der Waals surface area contributed by atoms with E-state index in [-0.39, 0.29) is 24.7 Å². The van der Waals surface area contributed by atoms with Crippen molar-refractivity contribution >= 4 is 36.4 Å². The number of unbranched alkanes of at least 4 members (excludes halogenated alkanes) is 2. The van der Waals surface area contributed by atoms with Gasteiger partial charge in [-0.05, 0) is 25.3 Å². The van der Waals surface area contributed by atoms with Crippen molar-refractivity contribution in [2.45, 2.75) is 70.1 Å². The number of carboxylic acids is 2. The van der Waals surface area contributed by atoms with Crippen molar-refractivity contribution in [2.75, 3.05) is 12.3 Å². The fourth-order valence-electron chi connectivity index (χ4n) is 2.12. The molecule has 0 aliphatic heterocycles. The van der Waals surface area contributed by atoms with Crippen molar-refractivity contribution in [3.05, 3.63) is 12.3 Å². The molecule has 3 atom stereocenters. The molecule has 1 unspecified atom stereocenters. The monoisotopic (exact) mass is 465 g/mol. The Labute approximate surface area is 187 Å². The van der Waals surface area contributed by atoms with Gasteiger partial charge in [0.15, 0.2) is 0 Å². The lowest BCUT2D eigenvalue weighted by Crippen LogP contribution is -2.49. The molecule has 0 fully saturated rings. The van der Waals surface area contributed by atoms with Crippen LogP contribution in [-0.4, -0.2) is 74.7 Å². The van der Waals surface area contributed by atoms with E-state index in [1.165, 1.54) is 12.8 Å². The maximum atomic E-state index is 11.5. The first-order valence-corrected chi connectivity index (χ1v) is 10.6. The second kappa shape index (κ2) is 19.6. The number of thiol groups is 1. The van der Waals surface area contributed by atoms with Crippen LogP contribution < -0.4 is 16.4 Å². The Bertz CT molecular complexity index is 574. The largest absolute Gasteiger partial charge is 0.516 e. The number of nitrogens with two attached hydrogens (primary N) is 1. The molecule has 12 heteroatoms. The van der Waals surface area contributed by atoms with Gasteiger partial charge in [0.1, 0.15) is 18.6 Å². The van der Waals surface area contributed by atoms with Crippen molar-refractivity contribution in [1.29, 1.82) is 0 Å². The van der Waals surface area contributed by atoms with Gasteiger partial charge in [-0.1, -0.05) is 26.2 Å². The van der Waals surface area contributed by atoms with Gasteiger partial charge in [-0.2, -0.15) is 12.6 Å². The number of rotatable bonds is 15. The number of aliphatic hydroxyl groups excluding tert-OH is 2. The number of aliphatic carboxylic acids is 2. The van der Waals surface area contributed by atoms with Crippen LogP contribution in [0.4, 0.5) is 0 Å². The van der Waals surface area contributed by atoms with E-state index >= 15 is 0 Å². The van der Waals surface area contributed by atoms with E-state index < -0.39 is 42.4 Å². The van der Waals surface area contributed by atoms with Crippen molar-refractivity contribution in [1.82, 2.24) is 10.6 Å². The Morgan fingerprint density at radius 3 is 2.26 bits per heavy atom. The number of aliphatic hydroxyl groups is 2. The molecule has 0 aromatic carbocycles. The van der Waals surface area contributed by atoms with Crippen LogP contribution in [0.5, 0.6) is 0 Å². The van der Waals surface area contributed by atoms with Crippen LogP contribution >= 0.6 is 12.6 Å². The van der Waals surface area contributed by atoms with Gasteiger partial charge in [0.2, 0.25) is 11.8 Å². The molecule has 0 saturated carbocycles. The Hall–Kier alpha value is -2.31. The van der Waals surface area contributed by atoms with Crippen LogP contribution in [0.15, 0.2) is 12.3 Å². The normalized spacial score (nSPS) is 13.4. The van der Waals surface area contributed by atoms with Crippen molar-refractivity contribution in [3.63, 3.8) is 0 Å². The number of hydrogen-bond donors (Lipinski definition) is 8. The molecule has 0 saturated heterocycles. The smallest absolute Gasteiger partial charge is 0.322 e. The predicted octanol–water partition coefficient (Wildman–Crippen LogP) is 0.183. The first-order valence-electron chi connectivity index (χ1n) is 9.94. The van der Waals surface area contributed by atoms with Gasteiger partial charge < -0.3 is 36.8 Å². The molecule has 0 radical (unpaired) electrons. The van der Waals surface area contributed by atoms with Crippen molar-refractivity contribution < 1.29 is 39.6 Å². The minimum atomic E-state index is -1.22. The number of carboxylic acid groups (broad SMARTS) is 2. The highest BCUT2D eigenvalue weighted by Gasteiger charge is 2.20. The van der Waals surface area contributed by atoms with Crippen LogP contribution in [0, 0.1) is 0 Å². The highest BCUT2D eigenvalue weighted by molar-refractivity contribution is 7.80. The van der Waals surface area contributed by atoms with Crippen LogP contribution in [0.2, 0.25) is 0 Å². The molecular formula is C19H35N3O8S. The summed E-state index contributed by atoms with van der Waals surface area (Å²) in [5.74, 6) is -3.70. The zero-order valence-electron chi connectivity index (χ0n) is 17.7. The van der Waals surface area contributed by atoms with E-state index in [0.29, 0.717) is 6.42 Å². The lowest BCUT2D eigenvalue weighted by molar-refractivity contribution is -0.139. The fourth-order valence-corrected chi connectivity index (χ4v) is 2.38. The topological polar surface area (TPSA) is 199 Å². The third-order valence-electron chi connectivity index (χ3n) is 3.90. The van der Waals surface area contributed by atoms with Gasteiger partial charge in [-0.3, -0.25) is 19.2 Å². The highest BCUT2D eigenvalue weighted by atomic mass is 32.1. The van der Waals surface area contributed by atoms with E-state index in [0.717, 1.165) is 19.1 Å². The summed E-state index contributed by atoms with van der Waals surface area (Å²) in [5.41, 5.74) is 5.23. The van der Waals surface area contributed by atoms with E-state index in [1.807, 2.05) is 0 Å². The summed E-state index contributed by atoms with van der Waals surface area (Å²) >= 11 is 3.87. The Morgan fingerprint density at radius 2 is 1.77 bits per heavy atom. The van der Waals surface area contributed by atoms with Crippen molar-refractivity contribution in [2.24, 2.45) is 5.73 Å². The summed E-state index contributed by atoms with van der Waals surface area (Å²) in [4.78, 5) is 43.7. The quantitative estimate of drug-likeness (QED) is 0.0944. The molecule has 2 amide bonds. The standard InChI is InChI=1S/C10H17N3O6S.C9H18O2/c11-5(10(18)19)1-2-7(14)13-6(4-20)9(17)12-3-8(15)16;1-2-3-4-6-9(11)7-5-8-10/h5-6,20H,1-4,11H2,(H,12,17)(H,13,14)(H,15,16)(H,18,19);5,8-11H,2-4,6-7H2,1H3/t5-,6-;/m0./s1. The molecular weight excluding hydrogens is 430 g/mol. The number of hydrogen-bond acceptors (Lipinski definition) is 8. The lowest BCUT2D eigenvalue weighted by atomic mass is 10.1. The molecule has 31 heavy (non-hydrogen) atoms. The number of nitrogens with one attached hydrogen (secondary N) is 2.